The minimum Gasteiger partial charge on any atom is -0.497 e. The highest BCUT2D eigenvalue weighted by molar-refractivity contribution is 5.67. The van der Waals surface area contributed by atoms with Crippen LogP contribution in [0.3, 0.4) is 0 Å². The van der Waals surface area contributed by atoms with Crippen molar-refractivity contribution in [1.29, 1.82) is 0 Å². The molecule has 2 aromatic carbocycles. The van der Waals surface area contributed by atoms with Crippen molar-refractivity contribution in [3.8, 4) is 11.5 Å². The molecular weight excluding hydrogens is 228 g/mol. The number of benzene rings is 2. The number of nitrogens with two attached hydrogens (primary N) is 1. The van der Waals surface area contributed by atoms with E-state index in [0.29, 0.717) is 11.4 Å². The van der Waals surface area contributed by atoms with Crippen LogP contribution in [0.25, 0.3) is 0 Å². The molecule has 2 rings (SSSR count). The normalized spacial score (nSPS) is 9.89. The Hall–Kier alpha value is -2.36. The van der Waals surface area contributed by atoms with Gasteiger partial charge < -0.3 is 20.5 Å². The second-order valence-corrected chi connectivity index (χ2v) is 3.81. The van der Waals surface area contributed by atoms with Gasteiger partial charge in [-0.1, -0.05) is 0 Å². The van der Waals surface area contributed by atoms with E-state index in [2.05, 4.69) is 5.32 Å². The Morgan fingerprint density at radius 3 is 2.17 bits per heavy atom. The second kappa shape index (κ2) is 5.31. The molecule has 0 fully saturated rings. The molecule has 0 heterocycles. The summed E-state index contributed by atoms with van der Waals surface area (Å²) in [5, 5.41) is 3.27. The van der Waals surface area contributed by atoms with Gasteiger partial charge in [-0.25, -0.2) is 0 Å². The maximum Gasteiger partial charge on any atom is 0.143 e. The number of anilines is 3. The van der Waals surface area contributed by atoms with Crippen LogP contribution in [0.4, 0.5) is 17.1 Å². The average molecular weight is 244 g/mol. The summed E-state index contributed by atoms with van der Waals surface area (Å²) in [6, 6.07) is 13.3. The van der Waals surface area contributed by atoms with Crippen molar-refractivity contribution < 1.29 is 9.47 Å². The summed E-state index contributed by atoms with van der Waals surface area (Å²) < 4.78 is 10.3. The molecule has 0 aliphatic carbocycles. The van der Waals surface area contributed by atoms with Crippen molar-refractivity contribution in [1.82, 2.24) is 0 Å². The van der Waals surface area contributed by atoms with Crippen LogP contribution < -0.4 is 20.5 Å². The van der Waals surface area contributed by atoms with Crippen molar-refractivity contribution >= 4 is 17.1 Å². The molecule has 0 bridgehead atoms. The molecule has 3 N–H and O–H groups in total. The summed E-state index contributed by atoms with van der Waals surface area (Å²) in [4.78, 5) is 0. The van der Waals surface area contributed by atoms with E-state index in [1.165, 1.54) is 0 Å². The first-order chi connectivity index (χ1) is 8.72. The van der Waals surface area contributed by atoms with Gasteiger partial charge >= 0.3 is 0 Å². The molecule has 0 aliphatic heterocycles. The Kier molecular flexibility index (Phi) is 3.57. The predicted molar refractivity (Wildman–Crippen MR) is 73.7 cm³/mol. The van der Waals surface area contributed by atoms with E-state index >= 15 is 0 Å². The molecule has 0 saturated heterocycles. The van der Waals surface area contributed by atoms with E-state index in [1.54, 1.807) is 14.2 Å². The topological polar surface area (TPSA) is 56.5 Å². The number of rotatable bonds is 4. The molecular formula is C14H16N2O2. The van der Waals surface area contributed by atoms with E-state index in [-0.39, 0.29) is 0 Å². The lowest BCUT2D eigenvalue weighted by molar-refractivity contribution is 0.415. The first kappa shape index (κ1) is 12.1. The molecule has 0 amide bonds. The Morgan fingerprint density at radius 2 is 1.56 bits per heavy atom. The van der Waals surface area contributed by atoms with Gasteiger partial charge in [0.25, 0.3) is 0 Å². The van der Waals surface area contributed by atoms with Gasteiger partial charge in [-0.15, -0.1) is 0 Å². The van der Waals surface area contributed by atoms with Crippen LogP contribution >= 0.6 is 0 Å². The Balaban J connectivity index is 2.17. The average Bonchev–Trinajstić information content (AvgIpc) is 2.42. The summed E-state index contributed by atoms with van der Waals surface area (Å²) in [7, 11) is 3.25. The Labute approximate surface area is 106 Å². The van der Waals surface area contributed by atoms with Gasteiger partial charge in [-0.05, 0) is 36.4 Å². The van der Waals surface area contributed by atoms with Crippen LogP contribution in [0.5, 0.6) is 11.5 Å². The highest BCUT2D eigenvalue weighted by Gasteiger charge is 2.01. The fourth-order valence-corrected chi connectivity index (χ4v) is 1.63. The van der Waals surface area contributed by atoms with Gasteiger partial charge in [-0.2, -0.15) is 0 Å². The van der Waals surface area contributed by atoms with E-state index in [4.69, 9.17) is 15.2 Å². The van der Waals surface area contributed by atoms with E-state index in [9.17, 15) is 0 Å². The quantitative estimate of drug-likeness (QED) is 0.812. The second-order valence-electron chi connectivity index (χ2n) is 3.81. The maximum absolute atomic E-state index is 5.76. The molecule has 0 radical (unpaired) electrons. The highest BCUT2D eigenvalue weighted by Crippen LogP contribution is 2.27. The van der Waals surface area contributed by atoms with Gasteiger partial charge in [0.05, 0.1) is 19.9 Å². The molecule has 0 saturated carbocycles. The van der Waals surface area contributed by atoms with Crippen molar-refractivity contribution in [2.75, 3.05) is 25.3 Å². The zero-order valence-electron chi connectivity index (χ0n) is 10.4. The number of nitrogens with one attached hydrogen (secondary N) is 1. The van der Waals surface area contributed by atoms with Crippen LogP contribution in [0, 0.1) is 0 Å². The van der Waals surface area contributed by atoms with E-state index in [0.717, 1.165) is 17.1 Å². The molecule has 2 aromatic rings. The maximum atomic E-state index is 5.76. The Morgan fingerprint density at radius 1 is 0.889 bits per heavy atom. The van der Waals surface area contributed by atoms with Gasteiger partial charge in [0.15, 0.2) is 0 Å². The van der Waals surface area contributed by atoms with Crippen LogP contribution in [0.1, 0.15) is 0 Å². The number of methoxy groups -OCH3 is 2. The third-order valence-electron chi connectivity index (χ3n) is 2.61. The first-order valence-corrected chi connectivity index (χ1v) is 5.57. The van der Waals surface area contributed by atoms with E-state index < -0.39 is 0 Å². The summed E-state index contributed by atoms with van der Waals surface area (Å²) in [6.07, 6.45) is 0. The van der Waals surface area contributed by atoms with Crippen LogP contribution in [-0.4, -0.2) is 14.2 Å². The molecule has 0 atom stereocenters. The fourth-order valence-electron chi connectivity index (χ4n) is 1.63. The van der Waals surface area contributed by atoms with Crippen LogP contribution in [0.2, 0.25) is 0 Å². The minimum atomic E-state index is 0.623. The minimum absolute atomic E-state index is 0.623. The van der Waals surface area contributed by atoms with Crippen molar-refractivity contribution in [2.45, 2.75) is 0 Å². The van der Waals surface area contributed by atoms with Crippen molar-refractivity contribution in [3.05, 3.63) is 42.5 Å². The zero-order valence-corrected chi connectivity index (χ0v) is 10.4. The molecule has 4 heteroatoms. The summed E-state index contributed by atoms with van der Waals surface area (Å²) >= 11 is 0. The third-order valence-corrected chi connectivity index (χ3v) is 2.61. The largest absolute Gasteiger partial charge is 0.497 e. The molecule has 0 aromatic heterocycles. The summed E-state index contributed by atoms with van der Waals surface area (Å²) in [5.74, 6) is 1.49. The van der Waals surface area contributed by atoms with Gasteiger partial charge in [0.1, 0.15) is 11.5 Å². The fraction of sp³-hybridized carbons (Fsp3) is 0.143. The smallest absolute Gasteiger partial charge is 0.143 e. The highest BCUT2D eigenvalue weighted by atomic mass is 16.5. The van der Waals surface area contributed by atoms with Crippen molar-refractivity contribution in [2.24, 2.45) is 0 Å². The summed E-state index contributed by atoms with van der Waals surface area (Å²) in [5.41, 5.74) is 8.28. The molecule has 0 aliphatic rings. The lowest BCUT2D eigenvalue weighted by atomic mass is 10.2. The molecule has 4 nitrogen and oxygen atoms in total. The SMILES string of the molecule is COc1ccc(Nc2ccc(N)c(OC)c2)cc1. The standard InChI is InChI=1S/C14H16N2O2/c1-17-12-6-3-10(4-7-12)16-11-5-8-13(15)14(9-11)18-2/h3-9,16H,15H2,1-2H3. The lowest BCUT2D eigenvalue weighted by Crippen LogP contribution is -1.95. The zero-order chi connectivity index (χ0) is 13.0. The van der Waals surface area contributed by atoms with Crippen LogP contribution in [0.15, 0.2) is 42.5 Å². The predicted octanol–water partition coefficient (Wildman–Crippen LogP) is 3.03. The van der Waals surface area contributed by atoms with Crippen LogP contribution in [-0.2, 0) is 0 Å². The first-order valence-electron chi connectivity index (χ1n) is 5.57. The monoisotopic (exact) mass is 244 g/mol. The Bertz CT molecular complexity index is 524. The molecule has 0 unspecified atom stereocenters. The number of hydrogen-bond acceptors (Lipinski definition) is 4. The molecule has 18 heavy (non-hydrogen) atoms. The summed E-state index contributed by atoms with van der Waals surface area (Å²) in [6.45, 7) is 0. The number of hydrogen-bond donors (Lipinski definition) is 2. The van der Waals surface area contributed by atoms with Gasteiger partial charge in [-0.3, -0.25) is 0 Å². The van der Waals surface area contributed by atoms with E-state index in [1.807, 2.05) is 42.5 Å². The van der Waals surface area contributed by atoms with Gasteiger partial charge in [0.2, 0.25) is 0 Å². The molecule has 0 spiro atoms. The van der Waals surface area contributed by atoms with Crippen molar-refractivity contribution in [3.63, 3.8) is 0 Å². The lowest BCUT2D eigenvalue weighted by Gasteiger charge is -2.10. The van der Waals surface area contributed by atoms with Gasteiger partial charge in [0, 0.05) is 17.4 Å². The number of nitrogen functional groups attached to an aromatic ring is 1. The number of ether oxygens (including phenoxy) is 2. The third kappa shape index (κ3) is 2.66. The molecule has 94 valence electrons.